The van der Waals surface area contributed by atoms with Crippen molar-refractivity contribution in [2.45, 2.75) is 6.92 Å². The fraction of sp³-hybridized carbons (Fsp3) is 0.154. The van der Waals surface area contributed by atoms with Crippen LogP contribution in [0, 0.1) is 6.92 Å². The molecule has 5 nitrogen and oxygen atoms in total. The first-order valence-corrected chi connectivity index (χ1v) is 6.19. The van der Waals surface area contributed by atoms with Crippen molar-refractivity contribution in [2.24, 2.45) is 0 Å². The van der Waals surface area contributed by atoms with E-state index in [0.29, 0.717) is 10.9 Å². The molecule has 0 aliphatic carbocycles. The molecule has 0 saturated carbocycles. The van der Waals surface area contributed by atoms with Crippen molar-refractivity contribution < 1.29 is 0 Å². The van der Waals surface area contributed by atoms with Crippen LogP contribution in [-0.4, -0.2) is 26.6 Å². The molecule has 6 heteroatoms. The van der Waals surface area contributed by atoms with Crippen molar-refractivity contribution >= 4 is 28.9 Å². The number of halogens is 1. The van der Waals surface area contributed by atoms with E-state index in [4.69, 9.17) is 11.6 Å². The summed E-state index contributed by atoms with van der Waals surface area (Å²) in [5.74, 6) is 1.30. The Balaban J connectivity index is 2.12. The van der Waals surface area contributed by atoms with E-state index in [9.17, 15) is 0 Å². The molecule has 1 aromatic carbocycles. The molecule has 0 N–H and O–H groups in total. The maximum atomic E-state index is 6.02. The molecule has 2 aromatic heterocycles. The van der Waals surface area contributed by atoms with Crippen LogP contribution >= 0.6 is 11.6 Å². The van der Waals surface area contributed by atoms with E-state index in [1.165, 1.54) is 11.9 Å². The normalized spacial score (nSPS) is 10.9. The number of hydrogen-bond donors (Lipinski definition) is 0. The van der Waals surface area contributed by atoms with E-state index >= 15 is 0 Å². The highest BCUT2D eigenvalue weighted by atomic mass is 35.5. The minimum Gasteiger partial charge on any atom is -0.329 e. The zero-order chi connectivity index (χ0) is 13.4. The van der Waals surface area contributed by atoms with Gasteiger partial charge in [-0.2, -0.15) is 19.6 Å². The summed E-state index contributed by atoms with van der Waals surface area (Å²) in [6.45, 7) is 2.06. The van der Waals surface area contributed by atoms with Crippen LogP contribution in [0.1, 0.15) is 5.56 Å². The van der Waals surface area contributed by atoms with Crippen molar-refractivity contribution in [3.05, 3.63) is 47.4 Å². The van der Waals surface area contributed by atoms with Crippen molar-refractivity contribution in [3.63, 3.8) is 0 Å². The Kier molecular flexibility index (Phi) is 2.83. The molecule has 0 fully saturated rings. The van der Waals surface area contributed by atoms with Crippen LogP contribution in [0.2, 0.25) is 5.15 Å². The second-order valence-corrected chi connectivity index (χ2v) is 4.69. The lowest BCUT2D eigenvalue weighted by atomic mass is 10.2. The van der Waals surface area contributed by atoms with Gasteiger partial charge < -0.3 is 4.90 Å². The van der Waals surface area contributed by atoms with Crippen LogP contribution in [-0.2, 0) is 0 Å². The molecule has 0 atom stereocenters. The molecule has 0 amide bonds. The fourth-order valence-electron chi connectivity index (χ4n) is 1.91. The van der Waals surface area contributed by atoms with Crippen LogP contribution < -0.4 is 4.90 Å². The topological polar surface area (TPSA) is 46.3 Å². The SMILES string of the molecule is Cc1ccc(N(C)c2cc(Cl)nc3ncnn23)cc1. The summed E-state index contributed by atoms with van der Waals surface area (Å²) in [5.41, 5.74) is 2.26. The predicted octanol–water partition coefficient (Wildman–Crippen LogP) is 2.85. The Hall–Kier alpha value is -2.14. The molecule has 3 rings (SSSR count). The van der Waals surface area contributed by atoms with Gasteiger partial charge in [0.1, 0.15) is 17.3 Å². The lowest BCUT2D eigenvalue weighted by molar-refractivity contribution is 0.912. The highest BCUT2D eigenvalue weighted by Crippen LogP contribution is 2.25. The number of benzene rings is 1. The number of aryl methyl sites for hydroxylation is 1. The third-order valence-corrected chi connectivity index (χ3v) is 3.16. The Morgan fingerprint density at radius 1 is 1.21 bits per heavy atom. The summed E-state index contributed by atoms with van der Waals surface area (Å²) in [7, 11) is 1.96. The summed E-state index contributed by atoms with van der Waals surface area (Å²) >= 11 is 6.02. The van der Waals surface area contributed by atoms with Crippen molar-refractivity contribution in [1.29, 1.82) is 0 Å². The van der Waals surface area contributed by atoms with Gasteiger partial charge in [-0.05, 0) is 19.1 Å². The van der Waals surface area contributed by atoms with E-state index < -0.39 is 0 Å². The maximum absolute atomic E-state index is 6.02. The average Bonchev–Trinajstić information content (AvgIpc) is 2.85. The first-order valence-electron chi connectivity index (χ1n) is 5.82. The van der Waals surface area contributed by atoms with Crippen LogP contribution in [0.25, 0.3) is 5.78 Å². The Morgan fingerprint density at radius 3 is 2.68 bits per heavy atom. The number of hydrogen-bond acceptors (Lipinski definition) is 4. The molecule has 3 aromatic rings. The Morgan fingerprint density at radius 2 is 1.95 bits per heavy atom. The summed E-state index contributed by atoms with van der Waals surface area (Å²) in [6, 6.07) is 9.99. The van der Waals surface area contributed by atoms with Gasteiger partial charge in [-0.3, -0.25) is 0 Å². The smallest absolute Gasteiger partial charge is 0.255 e. The molecule has 19 heavy (non-hydrogen) atoms. The summed E-state index contributed by atoms with van der Waals surface area (Å²) in [5, 5.41) is 4.56. The van der Waals surface area contributed by atoms with Gasteiger partial charge in [-0.15, -0.1) is 0 Å². The molecule has 2 heterocycles. The summed E-state index contributed by atoms with van der Waals surface area (Å²) in [4.78, 5) is 10.2. The molecular weight excluding hydrogens is 262 g/mol. The van der Waals surface area contributed by atoms with E-state index in [2.05, 4.69) is 34.1 Å². The molecule has 0 aliphatic rings. The standard InChI is InChI=1S/C13H12ClN5/c1-9-3-5-10(6-4-9)18(2)12-7-11(14)17-13-15-8-16-19(12)13/h3-8H,1-2H3. The van der Waals surface area contributed by atoms with E-state index in [0.717, 1.165) is 11.5 Å². The van der Waals surface area contributed by atoms with Gasteiger partial charge in [-0.1, -0.05) is 29.3 Å². The zero-order valence-electron chi connectivity index (χ0n) is 10.6. The quantitative estimate of drug-likeness (QED) is 0.674. The van der Waals surface area contributed by atoms with E-state index in [-0.39, 0.29) is 0 Å². The van der Waals surface area contributed by atoms with Crippen molar-refractivity contribution in [2.75, 3.05) is 11.9 Å². The zero-order valence-corrected chi connectivity index (χ0v) is 11.3. The molecule has 0 unspecified atom stereocenters. The van der Waals surface area contributed by atoms with E-state index in [1.807, 2.05) is 24.1 Å². The molecule has 0 radical (unpaired) electrons. The fourth-order valence-corrected chi connectivity index (χ4v) is 2.08. The highest BCUT2D eigenvalue weighted by molar-refractivity contribution is 6.29. The van der Waals surface area contributed by atoms with Crippen LogP contribution in [0.3, 0.4) is 0 Å². The second kappa shape index (κ2) is 4.51. The van der Waals surface area contributed by atoms with Crippen LogP contribution in [0.4, 0.5) is 11.5 Å². The third kappa shape index (κ3) is 2.13. The first kappa shape index (κ1) is 11.9. The van der Waals surface area contributed by atoms with Crippen molar-refractivity contribution in [1.82, 2.24) is 19.6 Å². The highest BCUT2D eigenvalue weighted by Gasteiger charge is 2.11. The molecule has 96 valence electrons. The first-order chi connectivity index (χ1) is 9.15. The third-order valence-electron chi connectivity index (χ3n) is 2.97. The van der Waals surface area contributed by atoms with Crippen LogP contribution in [0.5, 0.6) is 0 Å². The Labute approximate surface area is 115 Å². The van der Waals surface area contributed by atoms with Gasteiger partial charge in [0.15, 0.2) is 0 Å². The van der Waals surface area contributed by atoms with Gasteiger partial charge in [-0.25, -0.2) is 0 Å². The average molecular weight is 274 g/mol. The molecule has 0 aliphatic heterocycles. The summed E-state index contributed by atoms with van der Waals surface area (Å²) < 4.78 is 1.66. The maximum Gasteiger partial charge on any atom is 0.255 e. The minimum absolute atomic E-state index is 0.398. The molecule has 0 spiro atoms. The van der Waals surface area contributed by atoms with Crippen molar-refractivity contribution in [3.8, 4) is 0 Å². The lowest BCUT2D eigenvalue weighted by Crippen LogP contribution is -2.14. The molecule has 0 bridgehead atoms. The largest absolute Gasteiger partial charge is 0.329 e. The van der Waals surface area contributed by atoms with Gasteiger partial charge >= 0.3 is 0 Å². The second-order valence-electron chi connectivity index (χ2n) is 4.30. The number of anilines is 2. The van der Waals surface area contributed by atoms with Gasteiger partial charge in [0.25, 0.3) is 5.78 Å². The van der Waals surface area contributed by atoms with Gasteiger partial charge in [0, 0.05) is 18.8 Å². The number of rotatable bonds is 2. The lowest BCUT2D eigenvalue weighted by Gasteiger charge is -2.20. The van der Waals surface area contributed by atoms with Gasteiger partial charge in [0.2, 0.25) is 0 Å². The van der Waals surface area contributed by atoms with E-state index in [1.54, 1.807) is 10.6 Å². The van der Waals surface area contributed by atoms with Gasteiger partial charge in [0.05, 0.1) is 0 Å². The number of aromatic nitrogens is 4. The molecule has 0 saturated heterocycles. The molecular formula is C13H12ClN5. The number of nitrogens with zero attached hydrogens (tertiary/aromatic N) is 5. The number of fused-ring (bicyclic) bond motifs is 1. The predicted molar refractivity (Wildman–Crippen MR) is 75.0 cm³/mol. The Bertz CT molecular complexity index is 719. The summed E-state index contributed by atoms with van der Waals surface area (Å²) in [6.07, 6.45) is 1.46. The minimum atomic E-state index is 0.398. The monoisotopic (exact) mass is 273 g/mol. The van der Waals surface area contributed by atoms with Crippen LogP contribution in [0.15, 0.2) is 36.7 Å².